The molecular formula is C11H7OPS. The first-order valence-corrected chi connectivity index (χ1v) is 6.04. The van der Waals surface area contributed by atoms with Crippen LogP contribution in [0.5, 0.6) is 0 Å². The maximum atomic E-state index is 5.38. The van der Waals surface area contributed by atoms with Gasteiger partial charge in [0.2, 0.25) is 0 Å². The van der Waals surface area contributed by atoms with Gasteiger partial charge in [0.05, 0.1) is 10.9 Å². The van der Waals surface area contributed by atoms with E-state index in [0.29, 0.717) is 0 Å². The monoisotopic (exact) mass is 218 g/mol. The van der Waals surface area contributed by atoms with Gasteiger partial charge < -0.3 is 4.42 Å². The molecule has 0 atom stereocenters. The molecule has 0 spiro atoms. The largest absolute Gasteiger partial charge is 0.463 e. The summed E-state index contributed by atoms with van der Waals surface area (Å²) in [5.74, 6) is 0.993. The second kappa shape index (κ2) is 3.23. The maximum absolute atomic E-state index is 5.38. The Morgan fingerprint density at radius 2 is 2.00 bits per heavy atom. The van der Waals surface area contributed by atoms with E-state index in [-0.39, 0.29) is 0 Å². The van der Waals surface area contributed by atoms with Crippen LogP contribution in [0.15, 0.2) is 47.1 Å². The summed E-state index contributed by atoms with van der Waals surface area (Å²) in [6.07, 6.45) is 1.72. The Morgan fingerprint density at radius 3 is 2.79 bits per heavy atom. The van der Waals surface area contributed by atoms with Crippen LogP contribution in [0.25, 0.3) is 20.2 Å². The van der Waals surface area contributed by atoms with Crippen LogP contribution in [0.4, 0.5) is 0 Å². The van der Waals surface area contributed by atoms with Gasteiger partial charge in [-0.2, -0.15) is 0 Å². The number of fused-ring (bicyclic) bond motifs is 1. The van der Waals surface area contributed by atoms with E-state index < -0.39 is 0 Å². The number of hydrogen-bond acceptors (Lipinski definition) is 2. The third-order valence-corrected chi connectivity index (χ3v) is 4.75. The van der Waals surface area contributed by atoms with Gasteiger partial charge in [-0.3, -0.25) is 0 Å². The van der Waals surface area contributed by atoms with Crippen molar-refractivity contribution >= 4 is 29.3 Å². The zero-order valence-electron chi connectivity index (χ0n) is 7.31. The van der Waals surface area contributed by atoms with E-state index >= 15 is 0 Å². The molecule has 0 aliphatic rings. The van der Waals surface area contributed by atoms with Crippen molar-refractivity contribution in [2.75, 3.05) is 0 Å². The van der Waals surface area contributed by atoms with Gasteiger partial charge in [0, 0.05) is 9.82 Å². The molecule has 0 unspecified atom stereocenters. The van der Waals surface area contributed by atoms with Gasteiger partial charge in [-0.15, -0.1) is 11.3 Å². The van der Waals surface area contributed by atoms with Crippen LogP contribution < -0.4 is 0 Å². The fourth-order valence-corrected chi connectivity index (χ4v) is 3.97. The van der Waals surface area contributed by atoms with Gasteiger partial charge in [-0.25, -0.2) is 0 Å². The molecule has 0 fully saturated rings. The van der Waals surface area contributed by atoms with Gasteiger partial charge >= 0.3 is 0 Å². The molecule has 1 nitrogen and oxygen atoms in total. The molecule has 14 heavy (non-hydrogen) atoms. The number of rotatable bonds is 1. The van der Waals surface area contributed by atoms with E-state index in [1.165, 1.54) is 22.6 Å². The molecule has 0 aliphatic heterocycles. The molecule has 0 saturated carbocycles. The SMILES string of the molecule is c1coc(-c2pc3ccccc3s2)c1. The van der Waals surface area contributed by atoms with Crippen LogP contribution in [-0.4, -0.2) is 0 Å². The summed E-state index contributed by atoms with van der Waals surface area (Å²) in [7, 11) is 1.27. The predicted octanol–water partition coefficient (Wildman–Crippen LogP) is 4.74. The molecule has 2 heterocycles. The number of benzene rings is 1. The van der Waals surface area contributed by atoms with Crippen LogP contribution in [0, 0.1) is 0 Å². The quantitative estimate of drug-likeness (QED) is 0.574. The fraction of sp³-hybridized carbons (Fsp3) is 0. The summed E-state index contributed by atoms with van der Waals surface area (Å²) in [5, 5.41) is 1.38. The average molecular weight is 218 g/mol. The highest BCUT2D eigenvalue weighted by molar-refractivity contribution is 7.53. The minimum absolute atomic E-state index is 0.993. The predicted molar refractivity (Wildman–Crippen MR) is 62.0 cm³/mol. The Balaban J connectivity index is 2.24. The number of hydrogen-bond donors (Lipinski definition) is 0. The summed E-state index contributed by atoms with van der Waals surface area (Å²) in [5.41, 5.74) is 0. The summed E-state index contributed by atoms with van der Waals surface area (Å²) in [6.45, 7) is 0. The van der Waals surface area contributed by atoms with Crippen LogP contribution in [0.3, 0.4) is 0 Å². The van der Waals surface area contributed by atoms with Crippen LogP contribution in [-0.2, 0) is 0 Å². The van der Waals surface area contributed by atoms with Crippen molar-refractivity contribution < 1.29 is 4.42 Å². The van der Waals surface area contributed by atoms with E-state index in [9.17, 15) is 0 Å². The lowest BCUT2D eigenvalue weighted by molar-refractivity contribution is 0.585. The first-order chi connectivity index (χ1) is 6.93. The third-order valence-electron chi connectivity index (χ3n) is 2.03. The van der Waals surface area contributed by atoms with Gasteiger partial charge in [0.25, 0.3) is 0 Å². The molecule has 68 valence electrons. The summed E-state index contributed by atoms with van der Waals surface area (Å²) in [6, 6.07) is 12.4. The Morgan fingerprint density at radius 1 is 1.07 bits per heavy atom. The number of furan rings is 1. The second-order valence-electron chi connectivity index (χ2n) is 2.96. The molecule has 2 aromatic heterocycles. The highest BCUT2D eigenvalue weighted by atomic mass is 32.1. The molecule has 3 rings (SSSR count). The van der Waals surface area contributed by atoms with E-state index in [2.05, 4.69) is 24.3 Å². The highest BCUT2D eigenvalue weighted by Crippen LogP contribution is 2.42. The molecule has 0 bridgehead atoms. The van der Waals surface area contributed by atoms with E-state index in [0.717, 1.165) is 5.76 Å². The van der Waals surface area contributed by atoms with Gasteiger partial charge in [-0.05, 0) is 32.5 Å². The highest BCUT2D eigenvalue weighted by Gasteiger charge is 2.05. The minimum Gasteiger partial charge on any atom is -0.463 e. The standard InChI is InChI=1S/C11H7OPS/c1-2-6-10-9(5-1)13-11(14-10)8-4-3-7-12-8/h1-7H. The van der Waals surface area contributed by atoms with Crippen LogP contribution >= 0.6 is 19.5 Å². The second-order valence-corrected chi connectivity index (χ2v) is 5.47. The lowest BCUT2D eigenvalue weighted by atomic mass is 10.4. The molecule has 3 heteroatoms. The Labute approximate surface area is 87.1 Å². The van der Waals surface area contributed by atoms with E-state index in [1.54, 1.807) is 17.6 Å². The minimum atomic E-state index is 0.993. The van der Waals surface area contributed by atoms with Gasteiger partial charge in [0.15, 0.2) is 0 Å². The lowest BCUT2D eigenvalue weighted by Crippen LogP contribution is -1.54. The molecule has 0 saturated heterocycles. The van der Waals surface area contributed by atoms with Crippen molar-refractivity contribution in [3.8, 4) is 10.4 Å². The first-order valence-electron chi connectivity index (χ1n) is 4.33. The van der Waals surface area contributed by atoms with Crippen LogP contribution in [0.2, 0.25) is 0 Å². The van der Waals surface area contributed by atoms with E-state index in [1.807, 2.05) is 12.1 Å². The summed E-state index contributed by atoms with van der Waals surface area (Å²) in [4.78, 5) is 0. The first kappa shape index (κ1) is 8.22. The zero-order valence-corrected chi connectivity index (χ0v) is 9.02. The maximum Gasteiger partial charge on any atom is 0.148 e. The molecule has 0 aliphatic carbocycles. The lowest BCUT2D eigenvalue weighted by Gasteiger charge is -1.84. The Kier molecular flexibility index (Phi) is 1.90. The summed E-state index contributed by atoms with van der Waals surface area (Å²) < 4.78 is 8.02. The van der Waals surface area contributed by atoms with Crippen molar-refractivity contribution in [1.82, 2.24) is 0 Å². The van der Waals surface area contributed by atoms with Crippen molar-refractivity contribution in [3.05, 3.63) is 42.7 Å². The van der Waals surface area contributed by atoms with Gasteiger partial charge in [-0.1, -0.05) is 12.1 Å². The topological polar surface area (TPSA) is 13.1 Å². The average Bonchev–Trinajstić information content (AvgIpc) is 2.86. The Hall–Kier alpha value is -1.11. The van der Waals surface area contributed by atoms with Crippen molar-refractivity contribution in [1.29, 1.82) is 0 Å². The summed E-state index contributed by atoms with van der Waals surface area (Å²) >= 11 is 1.80. The van der Waals surface area contributed by atoms with Gasteiger partial charge in [0.1, 0.15) is 5.76 Å². The molecular weight excluding hydrogens is 211 g/mol. The van der Waals surface area contributed by atoms with Crippen molar-refractivity contribution in [3.63, 3.8) is 0 Å². The fourth-order valence-electron chi connectivity index (χ4n) is 1.38. The smallest absolute Gasteiger partial charge is 0.148 e. The third kappa shape index (κ3) is 1.28. The Bertz CT molecular complexity index is 520. The van der Waals surface area contributed by atoms with Crippen LogP contribution in [0.1, 0.15) is 0 Å². The van der Waals surface area contributed by atoms with Crippen molar-refractivity contribution in [2.24, 2.45) is 0 Å². The molecule has 0 amide bonds. The molecule has 3 aromatic rings. The molecule has 0 radical (unpaired) electrons. The molecule has 1 aromatic carbocycles. The van der Waals surface area contributed by atoms with E-state index in [4.69, 9.17) is 4.42 Å². The normalized spacial score (nSPS) is 11.4. The zero-order chi connectivity index (χ0) is 9.38. The molecule has 0 N–H and O–H groups in total. The van der Waals surface area contributed by atoms with Crippen molar-refractivity contribution in [2.45, 2.75) is 0 Å².